The molecule has 0 fully saturated rings. The molecule has 0 saturated carbocycles. The molecule has 1 heterocycles. The van der Waals surface area contributed by atoms with Crippen LogP contribution in [0.25, 0.3) is 5.69 Å². The molecule has 0 aliphatic heterocycles. The standard InChI is InChI=1S/C11H8BrFN2O2S/c12-7-1-2-8(13)9(5-7)15-4-3-14-11(15)18-6-10(16)17/h1-5H,6H2,(H,16,17). The molecule has 2 aromatic rings. The monoisotopic (exact) mass is 330 g/mol. The highest BCUT2D eigenvalue weighted by Gasteiger charge is 2.11. The number of aromatic nitrogens is 2. The summed E-state index contributed by atoms with van der Waals surface area (Å²) in [5, 5.41) is 9.07. The zero-order valence-electron chi connectivity index (χ0n) is 9.01. The second kappa shape index (κ2) is 5.53. The average Bonchev–Trinajstić information content (AvgIpc) is 2.77. The third kappa shape index (κ3) is 2.91. The SMILES string of the molecule is O=C(O)CSc1nccn1-c1cc(Br)ccc1F. The molecular weight excluding hydrogens is 323 g/mol. The zero-order chi connectivity index (χ0) is 13.1. The molecule has 0 saturated heterocycles. The van der Waals surface area contributed by atoms with Gasteiger partial charge in [-0.1, -0.05) is 27.7 Å². The summed E-state index contributed by atoms with van der Waals surface area (Å²) in [6.07, 6.45) is 3.10. The lowest BCUT2D eigenvalue weighted by molar-refractivity contribution is -0.133. The minimum atomic E-state index is -0.940. The number of carboxylic acids is 1. The first-order chi connectivity index (χ1) is 8.58. The van der Waals surface area contributed by atoms with E-state index >= 15 is 0 Å². The molecule has 1 aromatic heterocycles. The van der Waals surface area contributed by atoms with Gasteiger partial charge in [0.25, 0.3) is 0 Å². The maximum Gasteiger partial charge on any atom is 0.313 e. The van der Waals surface area contributed by atoms with Crippen molar-refractivity contribution in [3.8, 4) is 5.69 Å². The van der Waals surface area contributed by atoms with Gasteiger partial charge in [-0.25, -0.2) is 9.37 Å². The fraction of sp³-hybridized carbons (Fsp3) is 0.0909. The lowest BCUT2D eigenvalue weighted by Crippen LogP contribution is -2.02. The first kappa shape index (κ1) is 13.1. The molecule has 1 N–H and O–H groups in total. The number of carboxylic acid groups (broad SMARTS) is 1. The van der Waals surface area contributed by atoms with E-state index in [1.54, 1.807) is 18.3 Å². The van der Waals surface area contributed by atoms with Gasteiger partial charge in [-0.15, -0.1) is 0 Å². The summed E-state index contributed by atoms with van der Waals surface area (Å²) in [6, 6.07) is 4.55. The van der Waals surface area contributed by atoms with Gasteiger partial charge in [-0.2, -0.15) is 0 Å². The molecular formula is C11H8BrFN2O2S. The Hall–Kier alpha value is -1.34. The molecule has 4 nitrogen and oxygen atoms in total. The Bertz CT molecular complexity index is 588. The van der Waals surface area contributed by atoms with Crippen molar-refractivity contribution in [2.75, 3.05) is 5.75 Å². The van der Waals surface area contributed by atoms with Gasteiger partial charge in [0, 0.05) is 16.9 Å². The second-order valence-electron chi connectivity index (χ2n) is 3.36. The second-order valence-corrected chi connectivity index (χ2v) is 5.22. The van der Waals surface area contributed by atoms with Crippen LogP contribution >= 0.6 is 27.7 Å². The lowest BCUT2D eigenvalue weighted by Gasteiger charge is -2.08. The molecule has 0 bridgehead atoms. The molecule has 0 radical (unpaired) electrons. The normalized spacial score (nSPS) is 10.6. The van der Waals surface area contributed by atoms with Gasteiger partial charge in [0.15, 0.2) is 5.16 Å². The number of halogens is 2. The smallest absolute Gasteiger partial charge is 0.313 e. The van der Waals surface area contributed by atoms with Crippen molar-refractivity contribution in [1.82, 2.24) is 9.55 Å². The van der Waals surface area contributed by atoms with Crippen LogP contribution in [0.15, 0.2) is 40.2 Å². The summed E-state index contributed by atoms with van der Waals surface area (Å²) in [4.78, 5) is 14.5. The van der Waals surface area contributed by atoms with E-state index in [9.17, 15) is 9.18 Å². The molecule has 2 rings (SSSR count). The quantitative estimate of drug-likeness (QED) is 0.875. The van der Waals surface area contributed by atoms with Crippen LogP contribution in [0.2, 0.25) is 0 Å². The van der Waals surface area contributed by atoms with Gasteiger partial charge < -0.3 is 5.11 Å². The first-order valence-corrected chi connectivity index (χ1v) is 6.69. The number of imidazole rings is 1. The van der Waals surface area contributed by atoms with Gasteiger partial charge in [0.05, 0.1) is 11.4 Å². The predicted octanol–water partition coefficient (Wildman–Crippen LogP) is 2.95. The summed E-state index contributed by atoms with van der Waals surface area (Å²) < 4.78 is 16.0. The number of benzene rings is 1. The van der Waals surface area contributed by atoms with E-state index in [2.05, 4.69) is 20.9 Å². The molecule has 0 spiro atoms. The van der Waals surface area contributed by atoms with Gasteiger partial charge in [0.2, 0.25) is 0 Å². The number of thioether (sulfide) groups is 1. The summed E-state index contributed by atoms with van der Waals surface area (Å²) in [5.41, 5.74) is 0.328. The third-order valence-electron chi connectivity index (χ3n) is 2.10. The highest BCUT2D eigenvalue weighted by molar-refractivity contribution is 9.10. The van der Waals surface area contributed by atoms with Crippen LogP contribution in [0.3, 0.4) is 0 Å². The highest BCUT2D eigenvalue weighted by atomic mass is 79.9. The zero-order valence-corrected chi connectivity index (χ0v) is 11.4. The van der Waals surface area contributed by atoms with Crippen LogP contribution in [0.1, 0.15) is 0 Å². The Morgan fingerprint density at radius 3 is 3.06 bits per heavy atom. The van der Waals surface area contributed by atoms with Crippen molar-refractivity contribution in [3.05, 3.63) is 40.9 Å². The maximum atomic E-state index is 13.7. The average molecular weight is 331 g/mol. The Labute approximate surface area is 115 Å². The fourth-order valence-electron chi connectivity index (χ4n) is 1.38. The first-order valence-electron chi connectivity index (χ1n) is 4.91. The van der Waals surface area contributed by atoms with Crippen LogP contribution < -0.4 is 0 Å². The third-order valence-corrected chi connectivity index (χ3v) is 3.54. The van der Waals surface area contributed by atoms with Crippen LogP contribution in [0.5, 0.6) is 0 Å². The molecule has 0 aliphatic rings. The van der Waals surface area contributed by atoms with E-state index in [1.807, 2.05) is 0 Å². The number of hydrogen-bond acceptors (Lipinski definition) is 3. The number of nitrogens with zero attached hydrogens (tertiary/aromatic N) is 2. The summed E-state index contributed by atoms with van der Waals surface area (Å²) in [7, 11) is 0. The Morgan fingerprint density at radius 1 is 1.56 bits per heavy atom. The van der Waals surface area contributed by atoms with Crippen LogP contribution in [0.4, 0.5) is 4.39 Å². The fourth-order valence-corrected chi connectivity index (χ4v) is 2.41. The number of aliphatic carboxylic acids is 1. The van der Waals surface area contributed by atoms with Crippen molar-refractivity contribution in [3.63, 3.8) is 0 Å². The molecule has 94 valence electrons. The summed E-state index contributed by atoms with van der Waals surface area (Å²) in [5.74, 6) is -1.45. The van der Waals surface area contributed by atoms with Crippen LogP contribution in [0, 0.1) is 5.82 Å². The molecule has 0 amide bonds. The van der Waals surface area contributed by atoms with Crippen molar-refractivity contribution in [1.29, 1.82) is 0 Å². The van der Waals surface area contributed by atoms with E-state index in [0.29, 0.717) is 10.8 Å². The van der Waals surface area contributed by atoms with E-state index in [-0.39, 0.29) is 5.75 Å². The molecule has 0 atom stereocenters. The van der Waals surface area contributed by atoms with Crippen LogP contribution in [-0.4, -0.2) is 26.4 Å². The van der Waals surface area contributed by atoms with Crippen LogP contribution in [-0.2, 0) is 4.79 Å². The number of carbonyl (C=O) groups is 1. The predicted molar refractivity (Wildman–Crippen MR) is 69.6 cm³/mol. The highest BCUT2D eigenvalue weighted by Crippen LogP contribution is 2.24. The van der Waals surface area contributed by atoms with E-state index in [4.69, 9.17) is 5.11 Å². The number of hydrogen-bond donors (Lipinski definition) is 1. The molecule has 1 aromatic carbocycles. The van der Waals surface area contributed by atoms with E-state index < -0.39 is 11.8 Å². The number of rotatable bonds is 4. The molecule has 0 aliphatic carbocycles. The minimum absolute atomic E-state index is 0.118. The largest absolute Gasteiger partial charge is 0.481 e. The Morgan fingerprint density at radius 2 is 2.33 bits per heavy atom. The topological polar surface area (TPSA) is 55.1 Å². The summed E-state index contributed by atoms with van der Waals surface area (Å²) >= 11 is 4.31. The Kier molecular flexibility index (Phi) is 4.03. The molecule has 0 unspecified atom stereocenters. The summed E-state index contributed by atoms with van der Waals surface area (Å²) in [6.45, 7) is 0. The van der Waals surface area contributed by atoms with Gasteiger partial charge in [0.1, 0.15) is 5.82 Å². The van der Waals surface area contributed by atoms with Crippen molar-refractivity contribution >= 4 is 33.7 Å². The van der Waals surface area contributed by atoms with Gasteiger partial charge in [-0.05, 0) is 18.2 Å². The minimum Gasteiger partial charge on any atom is -0.481 e. The van der Waals surface area contributed by atoms with Crippen molar-refractivity contribution in [2.24, 2.45) is 0 Å². The van der Waals surface area contributed by atoms with Crippen molar-refractivity contribution < 1.29 is 14.3 Å². The lowest BCUT2D eigenvalue weighted by atomic mass is 10.3. The maximum absolute atomic E-state index is 13.7. The molecule has 18 heavy (non-hydrogen) atoms. The van der Waals surface area contributed by atoms with Crippen molar-refractivity contribution in [2.45, 2.75) is 5.16 Å². The Balaban J connectivity index is 2.36. The van der Waals surface area contributed by atoms with Gasteiger partial charge in [-0.3, -0.25) is 9.36 Å². The van der Waals surface area contributed by atoms with E-state index in [0.717, 1.165) is 16.2 Å². The van der Waals surface area contributed by atoms with E-state index in [1.165, 1.54) is 16.8 Å². The molecule has 7 heteroatoms. The van der Waals surface area contributed by atoms with Gasteiger partial charge >= 0.3 is 5.97 Å².